The number of carbonyl (C=O) groups is 1. The Hall–Kier alpha value is -3.04. The molecule has 1 atom stereocenters. The summed E-state index contributed by atoms with van der Waals surface area (Å²) in [5, 5.41) is 16.8. The Balaban J connectivity index is 1.62. The zero-order valence-electron chi connectivity index (χ0n) is 16.2. The monoisotopic (exact) mass is 402 g/mol. The molecule has 5 nitrogen and oxygen atoms in total. The molecule has 1 N–H and O–H groups in total. The number of benzene rings is 2. The van der Waals surface area contributed by atoms with E-state index in [1.54, 1.807) is 16.4 Å². The van der Waals surface area contributed by atoms with E-state index in [1.807, 2.05) is 67.6 Å². The number of nitrogens with one attached hydrogen (secondary N) is 1. The number of nitriles is 1. The number of hydrogen-bond donors (Lipinski definition) is 1. The summed E-state index contributed by atoms with van der Waals surface area (Å²) >= 11 is 1.59. The molecule has 29 heavy (non-hydrogen) atoms. The Morgan fingerprint density at radius 1 is 1.24 bits per heavy atom. The van der Waals surface area contributed by atoms with Gasteiger partial charge in [0.1, 0.15) is 5.69 Å². The van der Waals surface area contributed by atoms with Gasteiger partial charge in [-0.2, -0.15) is 10.4 Å². The highest BCUT2D eigenvalue weighted by molar-refractivity contribution is 8.00. The molecule has 1 amide bonds. The molecule has 6 heteroatoms. The summed E-state index contributed by atoms with van der Waals surface area (Å²) in [7, 11) is 0. The van der Waals surface area contributed by atoms with Gasteiger partial charge in [-0.25, -0.2) is 4.68 Å². The van der Waals surface area contributed by atoms with Crippen molar-refractivity contribution >= 4 is 23.4 Å². The molecule has 0 saturated heterocycles. The van der Waals surface area contributed by atoms with Gasteiger partial charge in [-0.05, 0) is 43.2 Å². The zero-order valence-corrected chi connectivity index (χ0v) is 17.0. The first-order valence-electron chi connectivity index (χ1n) is 9.75. The summed E-state index contributed by atoms with van der Waals surface area (Å²) in [5.74, 6) is 0.274. The van der Waals surface area contributed by atoms with Gasteiger partial charge < -0.3 is 5.32 Å². The molecule has 0 spiro atoms. The molecular weight excluding hydrogens is 380 g/mol. The Kier molecular flexibility index (Phi) is 5.68. The van der Waals surface area contributed by atoms with Gasteiger partial charge in [-0.15, -0.1) is 11.8 Å². The van der Waals surface area contributed by atoms with Crippen LogP contribution in [0.3, 0.4) is 0 Å². The third-order valence-corrected chi connectivity index (χ3v) is 5.98. The highest BCUT2D eigenvalue weighted by atomic mass is 32.2. The van der Waals surface area contributed by atoms with Crippen LogP contribution in [-0.4, -0.2) is 20.9 Å². The predicted molar refractivity (Wildman–Crippen MR) is 115 cm³/mol. The average molecular weight is 403 g/mol. The number of carbonyl (C=O) groups excluding carboxylic acids is 1. The summed E-state index contributed by atoms with van der Waals surface area (Å²) in [5.41, 5.74) is 3.13. The fraction of sp³-hybridized carbons (Fsp3) is 0.261. The van der Waals surface area contributed by atoms with Crippen LogP contribution in [0.25, 0.3) is 5.69 Å². The quantitative estimate of drug-likeness (QED) is 0.538. The minimum atomic E-state index is -0.186. The second-order valence-electron chi connectivity index (χ2n) is 7.22. The third-order valence-electron chi connectivity index (χ3n) is 4.80. The predicted octanol–water partition coefficient (Wildman–Crippen LogP) is 5.40. The molecule has 2 aromatic carbocycles. The first-order valence-corrected chi connectivity index (χ1v) is 10.6. The molecule has 0 bridgehead atoms. The van der Waals surface area contributed by atoms with Crippen molar-refractivity contribution in [2.24, 2.45) is 0 Å². The molecule has 1 saturated carbocycles. The van der Waals surface area contributed by atoms with E-state index in [-0.39, 0.29) is 11.2 Å². The van der Waals surface area contributed by atoms with Gasteiger partial charge in [-0.3, -0.25) is 4.79 Å². The molecule has 3 aromatic rings. The standard InChI is InChI=1S/C23H22N4OS/c1-16(13-14-24)29-22-10-6-5-9-19(22)25-23(28)21-15-20(17-11-12-17)26-27(21)18-7-3-2-4-8-18/h2-10,15-17H,11-13H2,1H3,(H,25,28)/t16-/m0/s1. The van der Waals surface area contributed by atoms with Crippen molar-refractivity contribution in [1.29, 1.82) is 5.26 Å². The van der Waals surface area contributed by atoms with Crippen LogP contribution in [0, 0.1) is 11.3 Å². The van der Waals surface area contributed by atoms with Gasteiger partial charge in [0.2, 0.25) is 0 Å². The summed E-state index contributed by atoms with van der Waals surface area (Å²) < 4.78 is 1.73. The fourth-order valence-electron chi connectivity index (χ4n) is 3.15. The van der Waals surface area contributed by atoms with Crippen molar-refractivity contribution < 1.29 is 4.79 Å². The second kappa shape index (κ2) is 8.54. The van der Waals surface area contributed by atoms with E-state index in [0.29, 0.717) is 18.0 Å². The topological polar surface area (TPSA) is 70.7 Å². The van der Waals surface area contributed by atoms with Crippen molar-refractivity contribution in [3.63, 3.8) is 0 Å². The van der Waals surface area contributed by atoms with Crippen LogP contribution in [0.15, 0.2) is 65.6 Å². The van der Waals surface area contributed by atoms with E-state index in [1.165, 1.54) is 0 Å². The number of amides is 1. The minimum absolute atomic E-state index is 0.148. The maximum atomic E-state index is 13.2. The summed E-state index contributed by atoms with van der Waals surface area (Å²) in [6.07, 6.45) is 2.71. The maximum absolute atomic E-state index is 13.2. The molecule has 0 unspecified atom stereocenters. The normalized spacial score (nSPS) is 14.2. The zero-order chi connectivity index (χ0) is 20.2. The van der Waals surface area contributed by atoms with E-state index < -0.39 is 0 Å². The van der Waals surface area contributed by atoms with Crippen LogP contribution in [-0.2, 0) is 0 Å². The average Bonchev–Trinajstić information content (AvgIpc) is 3.48. The summed E-state index contributed by atoms with van der Waals surface area (Å²) in [6.45, 7) is 2.01. The smallest absolute Gasteiger partial charge is 0.274 e. The van der Waals surface area contributed by atoms with Crippen LogP contribution in [0.2, 0.25) is 0 Å². The summed E-state index contributed by atoms with van der Waals surface area (Å²) in [4.78, 5) is 14.2. The molecule has 1 fully saturated rings. The highest BCUT2D eigenvalue weighted by Crippen LogP contribution is 2.40. The number of rotatable bonds is 7. The first kappa shape index (κ1) is 19.3. The van der Waals surface area contributed by atoms with Crippen LogP contribution in [0.1, 0.15) is 48.3 Å². The SMILES string of the molecule is C[C@@H](CC#N)Sc1ccccc1NC(=O)c1cc(C2CC2)nn1-c1ccccc1. The molecular formula is C23H22N4OS. The van der Waals surface area contributed by atoms with Crippen LogP contribution < -0.4 is 5.32 Å². The molecule has 0 radical (unpaired) electrons. The Morgan fingerprint density at radius 3 is 2.69 bits per heavy atom. The van der Waals surface area contributed by atoms with E-state index in [0.717, 1.165) is 34.8 Å². The Labute approximate surface area is 174 Å². The molecule has 1 aliphatic carbocycles. The number of aromatic nitrogens is 2. The lowest BCUT2D eigenvalue weighted by Gasteiger charge is -2.14. The second-order valence-corrected chi connectivity index (χ2v) is 8.70. The minimum Gasteiger partial charge on any atom is -0.320 e. The molecule has 1 aliphatic rings. The molecule has 4 rings (SSSR count). The number of anilines is 1. The van der Waals surface area contributed by atoms with Crippen molar-refractivity contribution in [3.05, 3.63) is 72.1 Å². The first-order chi connectivity index (χ1) is 14.2. The fourth-order valence-corrected chi connectivity index (χ4v) is 4.15. The number of para-hydroxylation sites is 2. The van der Waals surface area contributed by atoms with Gasteiger partial charge in [0.15, 0.2) is 0 Å². The van der Waals surface area contributed by atoms with Crippen molar-refractivity contribution in [3.8, 4) is 11.8 Å². The van der Waals surface area contributed by atoms with E-state index >= 15 is 0 Å². The van der Waals surface area contributed by atoms with Crippen molar-refractivity contribution in [1.82, 2.24) is 9.78 Å². The van der Waals surface area contributed by atoms with Gasteiger partial charge in [0.05, 0.1) is 23.1 Å². The number of thioether (sulfide) groups is 1. The number of nitrogens with zero attached hydrogens (tertiary/aromatic N) is 3. The van der Waals surface area contributed by atoms with Gasteiger partial charge in [-0.1, -0.05) is 37.3 Å². The lowest BCUT2D eigenvalue weighted by molar-refractivity contribution is 0.101. The van der Waals surface area contributed by atoms with E-state index in [9.17, 15) is 4.79 Å². The van der Waals surface area contributed by atoms with E-state index in [4.69, 9.17) is 10.4 Å². The Morgan fingerprint density at radius 2 is 1.97 bits per heavy atom. The summed E-state index contributed by atoms with van der Waals surface area (Å²) in [6, 6.07) is 21.6. The van der Waals surface area contributed by atoms with Crippen LogP contribution in [0.4, 0.5) is 5.69 Å². The molecule has 146 valence electrons. The van der Waals surface area contributed by atoms with Crippen molar-refractivity contribution in [2.45, 2.75) is 42.2 Å². The molecule has 1 heterocycles. The largest absolute Gasteiger partial charge is 0.320 e. The third kappa shape index (κ3) is 4.52. The lowest BCUT2D eigenvalue weighted by Crippen LogP contribution is -2.17. The van der Waals surface area contributed by atoms with Crippen molar-refractivity contribution in [2.75, 3.05) is 5.32 Å². The van der Waals surface area contributed by atoms with Crippen LogP contribution in [0.5, 0.6) is 0 Å². The van der Waals surface area contributed by atoms with Crippen LogP contribution >= 0.6 is 11.8 Å². The molecule has 0 aliphatic heterocycles. The maximum Gasteiger partial charge on any atom is 0.274 e. The van der Waals surface area contributed by atoms with E-state index in [2.05, 4.69) is 11.4 Å². The lowest BCUT2D eigenvalue weighted by atomic mass is 10.2. The molecule has 1 aromatic heterocycles. The number of hydrogen-bond acceptors (Lipinski definition) is 4. The Bertz CT molecular complexity index is 1050. The van der Waals surface area contributed by atoms with Gasteiger partial charge in [0, 0.05) is 22.5 Å². The van der Waals surface area contributed by atoms with Gasteiger partial charge in [0.25, 0.3) is 5.91 Å². The van der Waals surface area contributed by atoms with Gasteiger partial charge >= 0.3 is 0 Å². The highest BCUT2D eigenvalue weighted by Gasteiger charge is 2.29.